The second-order valence-electron chi connectivity index (χ2n) is 7.33. The summed E-state index contributed by atoms with van der Waals surface area (Å²) >= 11 is 2.63. The molecule has 0 aromatic carbocycles. The van der Waals surface area contributed by atoms with Gasteiger partial charge < -0.3 is 4.43 Å². The standard InChI is InChI=1S/C16H31IOSi/c1-6-19(7-2,8-3)18-14-11-13-9-10-16(14,12-17)15(13,4)5/h13-14H,6-12H2,1-5H3. The van der Waals surface area contributed by atoms with Gasteiger partial charge >= 0.3 is 0 Å². The molecule has 0 spiro atoms. The molecule has 2 aliphatic carbocycles. The zero-order valence-corrected chi connectivity index (χ0v) is 16.5. The van der Waals surface area contributed by atoms with E-state index in [9.17, 15) is 0 Å². The average Bonchev–Trinajstić information content (AvgIpc) is 2.79. The smallest absolute Gasteiger partial charge is 0.192 e. The van der Waals surface area contributed by atoms with Crippen LogP contribution in [-0.4, -0.2) is 18.8 Å². The Labute approximate surface area is 134 Å². The van der Waals surface area contributed by atoms with Crippen LogP contribution in [0.5, 0.6) is 0 Å². The molecule has 3 unspecified atom stereocenters. The van der Waals surface area contributed by atoms with E-state index in [0.29, 0.717) is 16.9 Å². The van der Waals surface area contributed by atoms with Gasteiger partial charge in [-0.3, -0.25) is 0 Å². The highest BCUT2D eigenvalue weighted by Crippen LogP contribution is 2.67. The Balaban J connectivity index is 2.23. The molecule has 0 saturated heterocycles. The fourth-order valence-electron chi connectivity index (χ4n) is 4.78. The van der Waals surface area contributed by atoms with Crippen LogP contribution in [-0.2, 0) is 4.43 Å². The number of halogens is 1. The monoisotopic (exact) mass is 394 g/mol. The SMILES string of the molecule is CC[Si](CC)(CC)OC1CC2CCC1(CI)C2(C)C. The quantitative estimate of drug-likeness (QED) is 0.322. The summed E-state index contributed by atoms with van der Waals surface area (Å²) in [5.74, 6) is 0.907. The van der Waals surface area contributed by atoms with Gasteiger partial charge in [-0.15, -0.1) is 0 Å². The molecule has 0 heterocycles. The van der Waals surface area contributed by atoms with Gasteiger partial charge in [0.05, 0.1) is 6.10 Å². The first-order valence-corrected chi connectivity index (χ1v) is 12.2. The van der Waals surface area contributed by atoms with Crippen molar-refractivity contribution < 1.29 is 4.43 Å². The van der Waals surface area contributed by atoms with Crippen molar-refractivity contribution >= 4 is 30.9 Å². The Kier molecular flexibility index (Phi) is 4.80. The van der Waals surface area contributed by atoms with E-state index in [2.05, 4.69) is 57.2 Å². The molecule has 2 saturated carbocycles. The highest BCUT2D eigenvalue weighted by Gasteiger charge is 2.64. The van der Waals surface area contributed by atoms with Crippen molar-refractivity contribution in [2.75, 3.05) is 4.43 Å². The van der Waals surface area contributed by atoms with Crippen molar-refractivity contribution in [1.82, 2.24) is 0 Å². The minimum atomic E-state index is -1.45. The summed E-state index contributed by atoms with van der Waals surface area (Å²) in [4.78, 5) is 0. The van der Waals surface area contributed by atoms with Gasteiger partial charge in [-0.2, -0.15) is 0 Å². The molecular weight excluding hydrogens is 363 g/mol. The van der Waals surface area contributed by atoms with Crippen LogP contribution in [0.15, 0.2) is 0 Å². The maximum Gasteiger partial charge on any atom is 0.192 e. The van der Waals surface area contributed by atoms with Crippen molar-refractivity contribution in [3.05, 3.63) is 0 Å². The third kappa shape index (κ3) is 2.26. The molecule has 112 valence electrons. The Bertz CT molecular complexity index is 318. The zero-order valence-electron chi connectivity index (χ0n) is 13.4. The van der Waals surface area contributed by atoms with E-state index >= 15 is 0 Å². The van der Waals surface area contributed by atoms with E-state index in [1.165, 1.54) is 41.8 Å². The first-order valence-electron chi connectivity index (χ1n) is 8.15. The van der Waals surface area contributed by atoms with Gasteiger partial charge in [-0.25, -0.2) is 0 Å². The van der Waals surface area contributed by atoms with Crippen LogP contribution in [0.4, 0.5) is 0 Å². The second-order valence-corrected chi connectivity index (χ2v) is 12.8. The van der Waals surface area contributed by atoms with Gasteiger partial charge in [0, 0.05) is 9.84 Å². The topological polar surface area (TPSA) is 9.23 Å². The minimum absolute atomic E-state index is 0.468. The Hall–Kier alpha value is 0.907. The Morgan fingerprint density at radius 1 is 1.16 bits per heavy atom. The van der Waals surface area contributed by atoms with Crippen molar-refractivity contribution in [2.45, 2.75) is 78.1 Å². The van der Waals surface area contributed by atoms with E-state index in [1.807, 2.05) is 0 Å². The van der Waals surface area contributed by atoms with Crippen molar-refractivity contribution in [3.63, 3.8) is 0 Å². The molecule has 0 radical (unpaired) electrons. The molecule has 2 aliphatic rings. The third-order valence-electron chi connectivity index (χ3n) is 6.92. The van der Waals surface area contributed by atoms with Crippen LogP contribution in [0.1, 0.15) is 53.9 Å². The summed E-state index contributed by atoms with van der Waals surface area (Å²) in [5.41, 5.74) is 0.963. The van der Waals surface area contributed by atoms with Gasteiger partial charge in [0.2, 0.25) is 0 Å². The molecule has 0 amide bonds. The zero-order chi connectivity index (χ0) is 14.3. The van der Waals surface area contributed by atoms with Gasteiger partial charge in [0.1, 0.15) is 0 Å². The van der Waals surface area contributed by atoms with E-state index in [4.69, 9.17) is 4.43 Å². The van der Waals surface area contributed by atoms with Crippen LogP contribution in [0.25, 0.3) is 0 Å². The predicted octanol–water partition coefficient (Wildman–Crippen LogP) is 5.64. The number of hydrogen-bond donors (Lipinski definition) is 0. The van der Waals surface area contributed by atoms with Gasteiger partial charge in [-0.1, -0.05) is 57.2 Å². The first-order chi connectivity index (χ1) is 8.91. The molecule has 0 N–H and O–H groups in total. The molecule has 3 atom stereocenters. The molecule has 2 fully saturated rings. The lowest BCUT2D eigenvalue weighted by molar-refractivity contribution is 0.0292. The normalized spacial score (nSPS) is 36.9. The summed E-state index contributed by atoms with van der Waals surface area (Å²) in [6.45, 7) is 12.1. The summed E-state index contributed by atoms with van der Waals surface area (Å²) in [6, 6.07) is 3.87. The molecule has 2 bridgehead atoms. The highest BCUT2D eigenvalue weighted by atomic mass is 127. The maximum absolute atomic E-state index is 6.94. The summed E-state index contributed by atoms with van der Waals surface area (Å²) in [6.07, 6.45) is 4.74. The predicted molar refractivity (Wildman–Crippen MR) is 94.5 cm³/mol. The molecular formula is C16H31IOSi. The van der Waals surface area contributed by atoms with Crippen molar-refractivity contribution in [1.29, 1.82) is 0 Å². The molecule has 0 aromatic heterocycles. The number of alkyl halides is 1. The van der Waals surface area contributed by atoms with Gasteiger partial charge in [0.25, 0.3) is 0 Å². The van der Waals surface area contributed by atoms with E-state index in [1.54, 1.807) is 0 Å². The molecule has 19 heavy (non-hydrogen) atoms. The average molecular weight is 394 g/mol. The number of rotatable bonds is 6. The number of fused-ring (bicyclic) bond motifs is 2. The lowest BCUT2D eigenvalue weighted by atomic mass is 9.70. The molecule has 0 aliphatic heterocycles. The van der Waals surface area contributed by atoms with Crippen LogP contribution in [0, 0.1) is 16.7 Å². The molecule has 0 aromatic rings. The lowest BCUT2D eigenvalue weighted by Gasteiger charge is -2.45. The van der Waals surface area contributed by atoms with Crippen molar-refractivity contribution in [3.8, 4) is 0 Å². The lowest BCUT2D eigenvalue weighted by Crippen LogP contribution is -2.48. The molecule has 3 heteroatoms. The van der Waals surface area contributed by atoms with Crippen molar-refractivity contribution in [2.24, 2.45) is 16.7 Å². The van der Waals surface area contributed by atoms with E-state index in [-0.39, 0.29) is 0 Å². The fraction of sp³-hybridized carbons (Fsp3) is 1.00. The first kappa shape index (κ1) is 16.3. The summed E-state index contributed by atoms with van der Waals surface area (Å²) < 4.78 is 8.22. The maximum atomic E-state index is 6.94. The Morgan fingerprint density at radius 2 is 1.74 bits per heavy atom. The highest BCUT2D eigenvalue weighted by molar-refractivity contribution is 14.1. The third-order valence-corrected chi connectivity index (χ3v) is 12.9. The summed E-state index contributed by atoms with van der Waals surface area (Å²) in [7, 11) is -1.45. The van der Waals surface area contributed by atoms with Crippen LogP contribution in [0.3, 0.4) is 0 Å². The van der Waals surface area contributed by atoms with E-state index in [0.717, 1.165) is 5.92 Å². The van der Waals surface area contributed by atoms with Crippen LogP contribution >= 0.6 is 22.6 Å². The largest absolute Gasteiger partial charge is 0.413 e. The van der Waals surface area contributed by atoms with Gasteiger partial charge in [-0.05, 0) is 48.7 Å². The van der Waals surface area contributed by atoms with E-state index < -0.39 is 8.32 Å². The Morgan fingerprint density at radius 3 is 2.16 bits per heavy atom. The second kappa shape index (κ2) is 5.60. The number of hydrogen-bond acceptors (Lipinski definition) is 1. The van der Waals surface area contributed by atoms with Crippen LogP contribution < -0.4 is 0 Å². The van der Waals surface area contributed by atoms with Crippen LogP contribution in [0.2, 0.25) is 18.1 Å². The van der Waals surface area contributed by atoms with Gasteiger partial charge in [0.15, 0.2) is 8.32 Å². The minimum Gasteiger partial charge on any atom is -0.413 e. The fourth-order valence-corrected chi connectivity index (χ4v) is 9.56. The molecule has 2 rings (SSSR count). The molecule has 1 nitrogen and oxygen atoms in total. The summed E-state index contributed by atoms with van der Waals surface area (Å²) in [5, 5.41) is 0.